The zero-order chi connectivity index (χ0) is 19.7. The standard InChI is InChI=1S/C23H31N5/c1-17-7-8-20-21(9-10-24-22(20)18(17)2)28-12-5-6-19(16-28)23-25-11-13-27(23)15-14-26(3)4/h7-11,13,19H,5-6,12,14-16H2,1-4H3/t19-/m0/s1. The summed E-state index contributed by atoms with van der Waals surface area (Å²) in [6.45, 7) is 8.48. The van der Waals surface area contributed by atoms with E-state index in [-0.39, 0.29) is 0 Å². The molecule has 28 heavy (non-hydrogen) atoms. The van der Waals surface area contributed by atoms with Crippen molar-refractivity contribution in [3.63, 3.8) is 0 Å². The van der Waals surface area contributed by atoms with Gasteiger partial charge in [-0.1, -0.05) is 12.1 Å². The number of aryl methyl sites for hydroxylation is 2. The van der Waals surface area contributed by atoms with Gasteiger partial charge in [-0.05, 0) is 58.0 Å². The van der Waals surface area contributed by atoms with Crippen LogP contribution < -0.4 is 4.90 Å². The van der Waals surface area contributed by atoms with Crippen LogP contribution >= 0.6 is 0 Å². The number of nitrogens with zero attached hydrogens (tertiary/aromatic N) is 5. The van der Waals surface area contributed by atoms with Gasteiger partial charge in [0.1, 0.15) is 5.82 Å². The van der Waals surface area contributed by atoms with Gasteiger partial charge in [-0.15, -0.1) is 0 Å². The molecule has 4 rings (SSSR count). The van der Waals surface area contributed by atoms with Crippen LogP contribution in [0.25, 0.3) is 10.9 Å². The molecule has 1 aliphatic heterocycles. The van der Waals surface area contributed by atoms with Crippen LogP contribution in [0.4, 0.5) is 5.69 Å². The van der Waals surface area contributed by atoms with E-state index in [1.54, 1.807) is 0 Å². The lowest BCUT2D eigenvalue weighted by Gasteiger charge is -2.35. The highest BCUT2D eigenvalue weighted by Crippen LogP contribution is 2.34. The first kappa shape index (κ1) is 18.9. The van der Waals surface area contributed by atoms with Gasteiger partial charge in [0.15, 0.2) is 0 Å². The maximum absolute atomic E-state index is 4.74. The van der Waals surface area contributed by atoms with Gasteiger partial charge in [0, 0.05) is 61.8 Å². The molecule has 0 bridgehead atoms. The molecule has 5 nitrogen and oxygen atoms in total. The zero-order valence-corrected chi connectivity index (χ0v) is 17.5. The largest absolute Gasteiger partial charge is 0.370 e. The molecule has 3 aromatic rings. The van der Waals surface area contributed by atoms with Gasteiger partial charge < -0.3 is 14.4 Å². The number of hydrogen-bond acceptors (Lipinski definition) is 4. The quantitative estimate of drug-likeness (QED) is 0.674. The molecule has 0 radical (unpaired) electrons. The SMILES string of the molecule is Cc1ccc2c(N3CCC[C@H](c4nccn4CCN(C)C)C3)ccnc2c1C. The fourth-order valence-corrected chi connectivity index (χ4v) is 4.31. The molecule has 1 atom stereocenters. The second kappa shape index (κ2) is 7.92. The van der Waals surface area contributed by atoms with Crippen LogP contribution in [0.5, 0.6) is 0 Å². The molecule has 2 aromatic heterocycles. The van der Waals surface area contributed by atoms with E-state index in [0.29, 0.717) is 5.92 Å². The first-order chi connectivity index (χ1) is 13.5. The Morgan fingerprint density at radius 3 is 2.79 bits per heavy atom. The molecule has 5 heteroatoms. The lowest BCUT2D eigenvalue weighted by molar-refractivity contribution is 0.373. The number of aromatic nitrogens is 3. The lowest BCUT2D eigenvalue weighted by atomic mass is 9.95. The molecule has 0 unspecified atom stereocenters. The van der Waals surface area contributed by atoms with Crippen LogP contribution in [-0.4, -0.2) is 53.2 Å². The first-order valence-electron chi connectivity index (χ1n) is 10.3. The Morgan fingerprint density at radius 2 is 1.96 bits per heavy atom. The zero-order valence-electron chi connectivity index (χ0n) is 17.5. The van der Waals surface area contributed by atoms with Crippen molar-refractivity contribution in [3.8, 4) is 0 Å². The minimum Gasteiger partial charge on any atom is -0.370 e. The number of benzene rings is 1. The van der Waals surface area contributed by atoms with Crippen molar-refractivity contribution in [2.24, 2.45) is 0 Å². The average molecular weight is 378 g/mol. The van der Waals surface area contributed by atoms with Crippen molar-refractivity contribution >= 4 is 16.6 Å². The Kier molecular flexibility index (Phi) is 5.36. The summed E-state index contributed by atoms with van der Waals surface area (Å²) >= 11 is 0. The van der Waals surface area contributed by atoms with Crippen LogP contribution in [0.1, 0.15) is 35.7 Å². The molecule has 0 N–H and O–H groups in total. The van der Waals surface area contributed by atoms with Gasteiger partial charge in [-0.3, -0.25) is 4.98 Å². The Labute approximate surface area is 168 Å². The van der Waals surface area contributed by atoms with E-state index < -0.39 is 0 Å². The number of rotatable bonds is 5. The summed E-state index contributed by atoms with van der Waals surface area (Å²) in [5, 5.41) is 1.27. The number of anilines is 1. The minimum atomic E-state index is 0.473. The molecular weight excluding hydrogens is 346 g/mol. The van der Waals surface area contributed by atoms with Crippen LogP contribution in [0.2, 0.25) is 0 Å². The molecule has 0 amide bonds. The highest BCUT2D eigenvalue weighted by molar-refractivity contribution is 5.94. The number of likely N-dealkylation sites (N-methyl/N-ethyl adjacent to an activating group) is 1. The van der Waals surface area contributed by atoms with E-state index >= 15 is 0 Å². The number of fused-ring (bicyclic) bond motifs is 1. The molecule has 0 saturated carbocycles. The molecule has 1 aliphatic rings. The number of hydrogen-bond donors (Lipinski definition) is 0. The van der Waals surface area contributed by atoms with Crippen LogP contribution in [0.15, 0.2) is 36.8 Å². The van der Waals surface area contributed by atoms with Gasteiger partial charge >= 0.3 is 0 Å². The predicted octanol–water partition coefficient (Wildman–Crippen LogP) is 3.99. The molecule has 3 heterocycles. The second-order valence-corrected chi connectivity index (χ2v) is 8.30. The summed E-state index contributed by atoms with van der Waals surface area (Å²) in [5.74, 6) is 1.71. The normalized spacial score (nSPS) is 17.6. The fraction of sp³-hybridized carbons (Fsp3) is 0.478. The van der Waals surface area contributed by atoms with Crippen LogP contribution in [0.3, 0.4) is 0 Å². The van der Waals surface area contributed by atoms with Crippen molar-refractivity contribution in [3.05, 3.63) is 53.7 Å². The first-order valence-corrected chi connectivity index (χ1v) is 10.3. The maximum atomic E-state index is 4.74. The monoisotopic (exact) mass is 377 g/mol. The highest BCUT2D eigenvalue weighted by atomic mass is 15.2. The number of imidazole rings is 1. The van der Waals surface area contributed by atoms with Gasteiger partial charge in [0.2, 0.25) is 0 Å². The van der Waals surface area contributed by atoms with Crippen molar-refractivity contribution in [2.45, 2.75) is 39.2 Å². The number of pyridine rings is 1. The molecule has 1 saturated heterocycles. The second-order valence-electron chi connectivity index (χ2n) is 8.30. The number of piperidine rings is 1. The smallest absolute Gasteiger partial charge is 0.113 e. The van der Waals surface area contributed by atoms with Crippen LogP contribution in [-0.2, 0) is 6.54 Å². The summed E-state index contributed by atoms with van der Waals surface area (Å²) in [6, 6.07) is 6.64. The van der Waals surface area contributed by atoms with Crippen molar-refractivity contribution in [2.75, 3.05) is 38.6 Å². The van der Waals surface area contributed by atoms with Crippen molar-refractivity contribution in [1.82, 2.24) is 19.4 Å². The van der Waals surface area contributed by atoms with E-state index in [2.05, 4.69) is 71.7 Å². The van der Waals surface area contributed by atoms with E-state index in [0.717, 1.165) is 31.7 Å². The Morgan fingerprint density at radius 1 is 1.11 bits per heavy atom. The Balaban J connectivity index is 1.61. The third-order valence-electron chi connectivity index (χ3n) is 6.08. The Hall–Kier alpha value is -2.40. The minimum absolute atomic E-state index is 0.473. The summed E-state index contributed by atoms with van der Waals surface area (Å²) < 4.78 is 2.34. The molecule has 0 spiro atoms. The van der Waals surface area contributed by atoms with Gasteiger partial charge in [0.05, 0.1) is 5.52 Å². The van der Waals surface area contributed by atoms with Gasteiger partial charge in [0.25, 0.3) is 0 Å². The van der Waals surface area contributed by atoms with Crippen molar-refractivity contribution < 1.29 is 0 Å². The fourth-order valence-electron chi connectivity index (χ4n) is 4.31. The topological polar surface area (TPSA) is 37.2 Å². The van der Waals surface area contributed by atoms with Crippen molar-refractivity contribution in [1.29, 1.82) is 0 Å². The summed E-state index contributed by atoms with van der Waals surface area (Å²) in [6.07, 6.45) is 8.45. The summed E-state index contributed by atoms with van der Waals surface area (Å²) in [4.78, 5) is 14.2. The summed E-state index contributed by atoms with van der Waals surface area (Å²) in [5.41, 5.74) is 5.03. The van der Waals surface area contributed by atoms with E-state index in [1.165, 1.54) is 40.9 Å². The maximum Gasteiger partial charge on any atom is 0.113 e. The average Bonchev–Trinajstić information content (AvgIpc) is 3.18. The molecule has 148 valence electrons. The molecule has 1 aromatic carbocycles. The molecule has 0 aliphatic carbocycles. The summed E-state index contributed by atoms with van der Waals surface area (Å²) in [7, 11) is 4.24. The highest BCUT2D eigenvalue weighted by Gasteiger charge is 2.26. The van der Waals surface area contributed by atoms with Crippen LogP contribution in [0, 0.1) is 13.8 Å². The molecule has 1 fully saturated rings. The van der Waals surface area contributed by atoms with Gasteiger partial charge in [-0.25, -0.2) is 4.98 Å². The van der Waals surface area contributed by atoms with E-state index in [1.807, 2.05) is 12.4 Å². The third-order valence-corrected chi connectivity index (χ3v) is 6.08. The third kappa shape index (κ3) is 3.63. The van der Waals surface area contributed by atoms with E-state index in [4.69, 9.17) is 4.98 Å². The van der Waals surface area contributed by atoms with E-state index in [9.17, 15) is 0 Å². The predicted molar refractivity (Wildman–Crippen MR) is 116 cm³/mol. The van der Waals surface area contributed by atoms with Gasteiger partial charge in [-0.2, -0.15) is 0 Å². The molecular formula is C23H31N5. The lowest BCUT2D eigenvalue weighted by Crippen LogP contribution is -2.35. The Bertz CT molecular complexity index is 959.